The first kappa shape index (κ1) is 19.2. The van der Waals surface area contributed by atoms with Crippen LogP contribution in [0.25, 0.3) is 0 Å². The maximum atomic E-state index is 12.0. The minimum atomic E-state index is -0.0424. The maximum Gasteiger partial charge on any atom is 0.230 e. The lowest BCUT2D eigenvalue weighted by molar-refractivity contribution is -0.118. The van der Waals surface area contributed by atoms with E-state index in [1.165, 1.54) is 28.7 Å². The number of aryl methyl sites for hydroxylation is 1. The number of carbonyl (C=O) groups excluding carboxylic acids is 1. The Morgan fingerprint density at radius 3 is 2.74 bits per heavy atom. The maximum absolute atomic E-state index is 12.0. The van der Waals surface area contributed by atoms with Crippen LogP contribution in [0.2, 0.25) is 0 Å². The number of methoxy groups -OCH3 is 1. The van der Waals surface area contributed by atoms with Gasteiger partial charge in [-0.3, -0.25) is 4.79 Å². The highest BCUT2D eigenvalue weighted by Crippen LogP contribution is 2.27. The summed E-state index contributed by atoms with van der Waals surface area (Å²) >= 11 is 2.81. The van der Waals surface area contributed by atoms with Crippen LogP contribution in [0.15, 0.2) is 52.9 Å². The van der Waals surface area contributed by atoms with E-state index in [0.717, 1.165) is 21.3 Å². The average molecular weight is 401 g/mol. The van der Waals surface area contributed by atoms with E-state index in [9.17, 15) is 4.79 Å². The Balaban J connectivity index is 1.44. The number of nitrogens with one attached hydrogen (secondary N) is 2. The Morgan fingerprint density at radius 1 is 1.19 bits per heavy atom. The molecule has 0 aliphatic carbocycles. The Kier molecular flexibility index (Phi) is 6.67. The number of hydrogen-bond acceptors (Lipinski definition) is 7. The first-order valence-electron chi connectivity index (χ1n) is 8.32. The minimum Gasteiger partial charge on any atom is -0.497 e. The number of benzene rings is 2. The van der Waals surface area contributed by atoms with Crippen LogP contribution in [0.3, 0.4) is 0 Å². The van der Waals surface area contributed by atoms with Crippen molar-refractivity contribution in [3.05, 3.63) is 59.7 Å². The molecular weight excluding hydrogens is 380 g/mol. The highest BCUT2D eigenvalue weighted by Gasteiger charge is 2.08. The van der Waals surface area contributed by atoms with Crippen molar-refractivity contribution in [3.63, 3.8) is 0 Å². The van der Waals surface area contributed by atoms with Gasteiger partial charge in [0.1, 0.15) is 5.75 Å². The van der Waals surface area contributed by atoms with Crippen LogP contribution in [0, 0.1) is 6.92 Å². The van der Waals surface area contributed by atoms with Gasteiger partial charge in [-0.15, -0.1) is 10.2 Å². The molecule has 0 unspecified atom stereocenters. The summed E-state index contributed by atoms with van der Waals surface area (Å²) in [6.07, 6.45) is 0. The highest BCUT2D eigenvalue weighted by atomic mass is 32.2. The van der Waals surface area contributed by atoms with Crippen molar-refractivity contribution < 1.29 is 9.53 Å². The van der Waals surface area contributed by atoms with Crippen LogP contribution in [0.4, 0.5) is 10.8 Å². The molecule has 0 atom stereocenters. The third-order valence-electron chi connectivity index (χ3n) is 3.65. The normalized spacial score (nSPS) is 10.4. The number of aromatic nitrogens is 2. The number of nitrogens with zero attached hydrogens (tertiary/aromatic N) is 2. The zero-order chi connectivity index (χ0) is 19.1. The summed E-state index contributed by atoms with van der Waals surface area (Å²) < 4.78 is 5.87. The molecule has 1 heterocycles. The van der Waals surface area contributed by atoms with Gasteiger partial charge in [0, 0.05) is 12.2 Å². The monoisotopic (exact) mass is 400 g/mol. The summed E-state index contributed by atoms with van der Waals surface area (Å²) in [6.45, 7) is 2.52. The third kappa shape index (κ3) is 5.97. The molecule has 0 radical (unpaired) electrons. The first-order chi connectivity index (χ1) is 13.1. The molecule has 3 aromatic rings. The lowest BCUT2D eigenvalue weighted by atomic mass is 10.2. The molecule has 6 nitrogen and oxygen atoms in total. The molecule has 1 aromatic heterocycles. The number of hydrogen-bond donors (Lipinski definition) is 2. The Hall–Kier alpha value is -2.58. The number of carbonyl (C=O) groups is 1. The molecule has 1 amide bonds. The van der Waals surface area contributed by atoms with E-state index >= 15 is 0 Å². The summed E-state index contributed by atoms with van der Waals surface area (Å²) in [5.74, 6) is 1.06. The van der Waals surface area contributed by atoms with E-state index in [4.69, 9.17) is 4.74 Å². The summed E-state index contributed by atoms with van der Waals surface area (Å²) in [5.41, 5.74) is 3.17. The van der Waals surface area contributed by atoms with Gasteiger partial charge in [-0.2, -0.15) is 0 Å². The molecule has 2 N–H and O–H groups in total. The zero-order valence-electron chi connectivity index (χ0n) is 15.1. The molecule has 8 heteroatoms. The van der Waals surface area contributed by atoms with Gasteiger partial charge in [0.25, 0.3) is 0 Å². The summed E-state index contributed by atoms with van der Waals surface area (Å²) in [6, 6.07) is 15.7. The second kappa shape index (κ2) is 9.38. The topological polar surface area (TPSA) is 76.1 Å². The molecule has 140 valence electrons. The summed E-state index contributed by atoms with van der Waals surface area (Å²) in [4.78, 5) is 12.0. The van der Waals surface area contributed by atoms with E-state index < -0.39 is 0 Å². The van der Waals surface area contributed by atoms with Gasteiger partial charge < -0.3 is 15.4 Å². The molecule has 0 fully saturated rings. The average Bonchev–Trinajstić information content (AvgIpc) is 3.12. The SMILES string of the molecule is COc1ccc(CNC(=O)CSc2nnc(Nc3cccc(C)c3)s2)cc1. The molecule has 0 bridgehead atoms. The van der Waals surface area contributed by atoms with Gasteiger partial charge in [-0.25, -0.2) is 0 Å². The van der Waals surface area contributed by atoms with Crippen LogP contribution in [0.5, 0.6) is 5.75 Å². The second-order valence-electron chi connectivity index (χ2n) is 5.78. The Labute approximate surface area is 166 Å². The molecule has 0 saturated heterocycles. The highest BCUT2D eigenvalue weighted by molar-refractivity contribution is 8.01. The van der Waals surface area contributed by atoms with E-state index in [0.29, 0.717) is 17.4 Å². The number of ether oxygens (including phenoxy) is 1. The molecule has 0 saturated carbocycles. The fraction of sp³-hybridized carbons (Fsp3) is 0.211. The van der Waals surface area contributed by atoms with E-state index in [-0.39, 0.29) is 5.91 Å². The van der Waals surface area contributed by atoms with Gasteiger partial charge >= 0.3 is 0 Å². The van der Waals surface area contributed by atoms with Crippen molar-refractivity contribution in [1.82, 2.24) is 15.5 Å². The van der Waals surface area contributed by atoms with Gasteiger partial charge in [0.2, 0.25) is 11.0 Å². The van der Waals surface area contributed by atoms with Crippen LogP contribution in [0.1, 0.15) is 11.1 Å². The van der Waals surface area contributed by atoms with Gasteiger partial charge in [-0.05, 0) is 42.3 Å². The Bertz CT molecular complexity index is 897. The fourth-order valence-corrected chi connectivity index (χ4v) is 3.89. The van der Waals surface area contributed by atoms with Crippen LogP contribution in [-0.4, -0.2) is 29.0 Å². The van der Waals surface area contributed by atoms with Gasteiger partial charge in [0.15, 0.2) is 4.34 Å². The van der Waals surface area contributed by atoms with Crippen LogP contribution in [-0.2, 0) is 11.3 Å². The van der Waals surface area contributed by atoms with Crippen LogP contribution >= 0.6 is 23.1 Å². The number of rotatable bonds is 8. The molecule has 0 aliphatic heterocycles. The van der Waals surface area contributed by atoms with Crippen molar-refractivity contribution in [1.29, 1.82) is 0 Å². The number of anilines is 2. The Morgan fingerprint density at radius 2 is 2.00 bits per heavy atom. The predicted molar refractivity (Wildman–Crippen MR) is 110 cm³/mol. The quantitative estimate of drug-likeness (QED) is 0.557. The summed E-state index contributed by atoms with van der Waals surface area (Å²) in [5, 5.41) is 15.1. The predicted octanol–water partition coefficient (Wildman–Crippen LogP) is 4.01. The van der Waals surface area contributed by atoms with Gasteiger partial charge in [0.05, 0.1) is 12.9 Å². The van der Waals surface area contributed by atoms with E-state index in [2.05, 4.69) is 20.8 Å². The molecule has 2 aromatic carbocycles. The van der Waals surface area contributed by atoms with Crippen molar-refractivity contribution in [2.75, 3.05) is 18.2 Å². The van der Waals surface area contributed by atoms with Gasteiger partial charge in [-0.1, -0.05) is 47.4 Å². The van der Waals surface area contributed by atoms with Crippen molar-refractivity contribution in [3.8, 4) is 5.75 Å². The summed E-state index contributed by atoms with van der Waals surface area (Å²) in [7, 11) is 1.63. The third-order valence-corrected chi connectivity index (χ3v) is 5.62. The molecule has 3 rings (SSSR count). The van der Waals surface area contributed by atoms with E-state index in [1.54, 1.807) is 7.11 Å². The number of amides is 1. The minimum absolute atomic E-state index is 0.0424. The van der Waals surface area contributed by atoms with E-state index in [1.807, 2.05) is 55.5 Å². The molecule has 0 spiro atoms. The lowest BCUT2D eigenvalue weighted by Gasteiger charge is -2.05. The molecular formula is C19H20N4O2S2. The van der Waals surface area contributed by atoms with Crippen LogP contribution < -0.4 is 15.4 Å². The fourth-order valence-electron chi connectivity index (χ4n) is 2.29. The van der Waals surface area contributed by atoms with Crippen molar-refractivity contribution in [2.24, 2.45) is 0 Å². The van der Waals surface area contributed by atoms with Crippen molar-refractivity contribution >= 4 is 39.8 Å². The first-order valence-corrected chi connectivity index (χ1v) is 10.1. The zero-order valence-corrected chi connectivity index (χ0v) is 16.7. The molecule has 27 heavy (non-hydrogen) atoms. The smallest absolute Gasteiger partial charge is 0.230 e. The molecule has 0 aliphatic rings. The largest absolute Gasteiger partial charge is 0.497 e. The van der Waals surface area contributed by atoms with Crippen molar-refractivity contribution in [2.45, 2.75) is 17.8 Å². The second-order valence-corrected chi connectivity index (χ2v) is 7.98. The lowest BCUT2D eigenvalue weighted by Crippen LogP contribution is -2.24. The number of thioether (sulfide) groups is 1. The standard InChI is InChI=1S/C19H20N4O2S2/c1-13-4-3-5-15(10-13)21-18-22-23-19(27-18)26-12-17(24)20-11-14-6-8-16(25-2)9-7-14/h3-10H,11-12H2,1-2H3,(H,20,24)(H,21,22).